The third-order valence-corrected chi connectivity index (χ3v) is 6.55. The topological polar surface area (TPSA) is 59.8 Å². The molecule has 0 unspecified atom stereocenters. The second kappa shape index (κ2) is 9.49. The van der Waals surface area contributed by atoms with Crippen LogP contribution in [-0.2, 0) is 4.79 Å². The Labute approximate surface area is 183 Å². The number of nitrogens with zero attached hydrogens (tertiary/aromatic N) is 3. The summed E-state index contributed by atoms with van der Waals surface area (Å²) in [5, 5.41) is 12.1. The number of hydrogen-bond acceptors (Lipinski definition) is 5. The maximum atomic E-state index is 14.3. The SMILES string of the molecule is C=CCSc1ccccc1NC(=O)CSc1nnc(-c2ccccc2F)n1C1CC1. The van der Waals surface area contributed by atoms with E-state index < -0.39 is 0 Å². The Balaban J connectivity index is 1.47. The molecule has 154 valence electrons. The lowest BCUT2D eigenvalue weighted by Crippen LogP contribution is -2.15. The number of aromatic nitrogens is 3. The van der Waals surface area contributed by atoms with Crippen LogP contribution in [0.5, 0.6) is 0 Å². The fourth-order valence-electron chi connectivity index (χ4n) is 3.02. The fourth-order valence-corrected chi connectivity index (χ4v) is 4.58. The first-order valence-electron chi connectivity index (χ1n) is 9.62. The van der Waals surface area contributed by atoms with Gasteiger partial charge >= 0.3 is 0 Å². The molecule has 0 bridgehead atoms. The van der Waals surface area contributed by atoms with Crippen molar-refractivity contribution in [1.82, 2.24) is 14.8 Å². The molecule has 0 aliphatic heterocycles. The molecule has 0 spiro atoms. The van der Waals surface area contributed by atoms with Crippen LogP contribution in [0.4, 0.5) is 10.1 Å². The lowest BCUT2D eigenvalue weighted by atomic mass is 10.2. The summed E-state index contributed by atoms with van der Waals surface area (Å²) in [5.41, 5.74) is 1.21. The number of hydrogen-bond donors (Lipinski definition) is 1. The number of anilines is 1. The van der Waals surface area contributed by atoms with Gasteiger partial charge in [-0.15, -0.1) is 28.5 Å². The largest absolute Gasteiger partial charge is 0.324 e. The van der Waals surface area contributed by atoms with E-state index in [0.29, 0.717) is 16.5 Å². The molecule has 1 aliphatic carbocycles. The van der Waals surface area contributed by atoms with Gasteiger partial charge in [0.15, 0.2) is 11.0 Å². The van der Waals surface area contributed by atoms with Gasteiger partial charge in [-0.05, 0) is 37.1 Å². The molecule has 1 aliphatic rings. The Kier molecular flexibility index (Phi) is 6.54. The summed E-state index contributed by atoms with van der Waals surface area (Å²) in [6, 6.07) is 14.5. The summed E-state index contributed by atoms with van der Waals surface area (Å²) in [6.45, 7) is 3.74. The second-order valence-corrected chi connectivity index (χ2v) is 8.82. The second-order valence-electron chi connectivity index (χ2n) is 6.82. The molecule has 4 rings (SSSR count). The first kappa shape index (κ1) is 20.7. The Morgan fingerprint density at radius 3 is 2.70 bits per heavy atom. The van der Waals surface area contributed by atoms with Gasteiger partial charge in [0.25, 0.3) is 0 Å². The first-order chi connectivity index (χ1) is 14.7. The summed E-state index contributed by atoms with van der Waals surface area (Å²) >= 11 is 2.94. The Morgan fingerprint density at radius 2 is 1.93 bits per heavy atom. The third-order valence-electron chi connectivity index (χ3n) is 4.54. The van der Waals surface area contributed by atoms with E-state index in [9.17, 15) is 9.18 Å². The Bertz CT molecular complexity index is 1060. The summed E-state index contributed by atoms with van der Waals surface area (Å²) < 4.78 is 16.2. The van der Waals surface area contributed by atoms with Crippen molar-refractivity contribution in [3.8, 4) is 11.4 Å². The van der Waals surface area contributed by atoms with Crippen LogP contribution in [0.1, 0.15) is 18.9 Å². The standard InChI is InChI=1S/C22H21FN4OS2/c1-2-13-29-19-10-6-5-9-18(19)24-20(28)14-30-22-26-25-21(27(22)15-11-12-15)16-7-3-4-8-17(16)23/h2-10,15H,1,11-14H2,(H,24,28). The fraction of sp³-hybridized carbons (Fsp3) is 0.227. The van der Waals surface area contributed by atoms with Crippen LogP contribution < -0.4 is 5.32 Å². The van der Waals surface area contributed by atoms with Gasteiger partial charge < -0.3 is 5.32 Å². The summed E-state index contributed by atoms with van der Waals surface area (Å²) in [7, 11) is 0. The smallest absolute Gasteiger partial charge is 0.234 e. The van der Waals surface area contributed by atoms with Crippen LogP contribution in [0.25, 0.3) is 11.4 Å². The van der Waals surface area contributed by atoms with Crippen LogP contribution in [-0.4, -0.2) is 32.2 Å². The van der Waals surface area contributed by atoms with E-state index in [1.807, 2.05) is 34.9 Å². The quantitative estimate of drug-likeness (QED) is 0.355. The van der Waals surface area contributed by atoms with Gasteiger partial charge in [0, 0.05) is 16.7 Å². The molecule has 0 saturated heterocycles. The molecule has 0 radical (unpaired) electrons. The van der Waals surface area contributed by atoms with Crippen LogP contribution in [0, 0.1) is 5.82 Å². The van der Waals surface area contributed by atoms with Crippen molar-refractivity contribution in [2.45, 2.75) is 28.9 Å². The monoisotopic (exact) mass is 440 g/mol. The molecular weight excluding hydrogens is 419 g/mol. The van der Waals surface area contributed by atoms with Gasteiger partial charge in [-0.2, -0.15) is 0 Å². The summed E-state index contributed by atoms with van der Waals surface area (Å²) in [5.74, 6) is 1.04. The molecule has 1 N–H and O–H groups in total. The van der Waals surface area contributed by atoms with Gasteiger partial charge in [0.05, 0.1) is 17.0 Å². The molecule has 8 heteroatoms. The summed E-state index contributed by atoms with van der Waals surface area (Å²) in [4.78, 5) is 13.6. The average molecular weight is 441 g/mol. The van der Waals surface area contributed by atoms with E-state index in [-0.39, 0.29) is 23.5 Å². The van der Waals surface area contributed by atoms with Gasteiger partial charge in [0.1, 0.15) is 5.82 Å². The Hall–Kier alpha value is -2.58. The molecule has 5 nitrogen and oxygen atoms in total. The van der Waals surface area contributed by atoms with Crippen molar-refractivity contribution in [3.05, 3.63) is 67.0 Å². The molecule has 1 aromatic heterocycles. The highest BCUT2D eigenvalue weighted by atomic mass is 32.2. The highest BCUT2D eigenvalue weighted by Crippen LogP contribution is 2.41. The first-order valence-corrected chi connectivity index (χ1v) is 11.6. The number of rotatable bonds is 9. The Morgan fingerprint density at radius 1 is 1.17 bits per heavy atom. The molecule has 1 saturated carbocycles. The lowest BCUT2D eigenvalue weighted by molar-refractivity contribution is -0.113. The van der Waals surface area contributed by atoms with E-state index in [0.717, 1.165) is 29.2 Å². The van der Waals surface area contributed by atoms with E-state index in [2.05, 4.69) is 22.1 Å². The lowest BCUT2D eigenvalue weighted by Gasteiger charge is -2.11. The number of para-hydroxylation sites is 1. The maximum absolute atomic E-state index is 14.3. The van der Waals surface area contributed by atoms with Crippen LogP contribution in [0.15, 0.2) is 71.2 Å². The minimum Gasteiger partial charge on any atom is -0.324 e. The minimum absolute atomic E-state index is 0.121. The molecule has 2 aromatic carbocycles. The van der Waals surface area contributed by atoms with E-state index in [1.54, 1.807) is 30.0 Å². The molecular formula is C22H21FN4OS2. The highest BCUT2D eigenvalue weighted by molar-refractivity contribution is 8.00. The number of halogens is 1. The number of thioether (sulfide) groups is 2. The average Bonchev–Trinajstić information content (AvgIpc) is 3.51. The van der Waals surface area contributed by atoms with Crippen molar-refractivity contribution in [2.24, 2.45) is 0 Å². The zero-order valence-electron chi connectivity index (χ0n) is 16.3. The van der Waals surface area contributed by atoms with Gasteiger partial charge in [-0.1, -0.05) is 42.1 Å². The minimum atomic E-state index is -0.324. The highest BCUT2D eigenvalue weighted by Gasteiger charge is 2.31. The summed E-state index contributed by atoms with van der Waals surface area (Å²) in [6.07, 6.45) is 3.84. The van der Waals surface area contributed by atoms with Crippen molar-refractivity contribution in [3.63, 3.8) is 0 Å². The maximum Gasteiger partial charge on any atom is 0.234 e. The molecule has 1 amide bonds. The molecule has 1 fully saturated rings. The zero-order chi connectivity index (χ0) is 20.9. The van der Waals surface area contributed by atoms with Crippen LogP contribution in [0.2, 0.25) is 0 Å². The van der Waals surface area contributed by atoms with Crippen molar-refractivity contribution in [2.75, 3.05) is 16.8 Å². The van der Waals surface area contributed by atoms with E-state index in [4.69, 9.17) is 0 Å². The van der Waals surface area contributed by atoms with Crippen molar-refractivity contribution < 1.29 is 9.18 Å². The number of amides is 1. The van der Waals surface area contributed by atoms with Crippen LogP contribution >= 0.6 is 23.5 Å². The molecule has 30 heavy (non-hydrogen) atoms. The molecule has 0 atom stereocenters. The number of carbonyl (C=O) groups is 1. The van der Waals surface area contributed by atoms with E-state index in [1.165, 1.54) is 17.8 Å². The zero-order valence-corrected chi connectivity index (χ0v) is 17.9. The molecule has 1 heterocycles. The van der Waals surface area contributed by atoms with Gasteiger partial charge in [-0.25, -0.2) is 4.39 Å². The number of carbonyl (C=O) groups excluding carboxylic acids is 1. The predicted octanol–water partition coefficient (Wildman–Crippen LogP) is 5.43. The molecule has 3 aromatic rings. The van der Waals surface area contributed by atoms with Crippen molar-refractivity contribution >= 4 is 35.1 Å². The van der Waals surface area contributed by atoms with Gasteiger partial charge in [0.2, 0.25) is 5.91 Å². The van der Waals surface area contributed by atoms with Crippen molar-refractivity contribution in [1.29, 1.82) is 0 Å². The number of benzene rings is 2. The third kappa shape index (κ3) is 4.76. The van der Waals surface area contributed by atoms with E-state index >= 15 is 0 Å². The van der Waals surface area contributed by atoms with Gasteiger partial charge in [-0.3, -0.25) is 9.36 Å². The normalized spacial score (nSPS) is 13.2. The van der Waals surface area contributed by atoms with Crippen LogP contribution in [0.3, 0.4) is 0 Å². The predicted molar refractivity (Wildman–Crippen MR) is 120 cm³/mol. The number of nitrogens with one attached hydrogen (secondary N) is 1.